The molecule has 1 heterocycles. The maximum absolute atomic E-state index is 10.6. The number of aromatic nitrogens is 2. The molecule has 0 bridgehead atoms. The van der Waals surface area contributed by atoms with E-state index in [1.165, 1.54) is 0 Å². The van der Waals surface area contributed by atoms with Crippen LogP contribution in [0, 0.1) is 0 Å². The minimum Gasteiger partial charge on any atom is -0.370 e. The van der Waals surface area contributed by atoms with Crippen LogP contribution >= 0.6 is 0 Å². The van der Waals surface area contributed by atoms with Crippen molar-refractivity contribution in [3.63, 3.8) is 0 Å². The van der Waals surface area contributed by atoms with Gasteiger partial charge in [-0.05, 0) is 0 Å². The molecule has 15 heavy (non-hydrogen) atoms. The molecule has 5 nitrogen and oxygen atoms in total. The predicted molar refractivity (Wildman–Crippen MR) is 58.0 cm³/mol. The first-order valence-corrected chi connectivity index (χ1v) is 5.10. The molecule has 0 saturated heterocycles. The molecule has 0 aromatic carbocycles. The number of nitrogens with zero attached hydrogens (tertiary/aromatic N) is 2. The fraction of sp³-hybridized carbons (Fsp3) is 0.600. The lowest BCUT2D eigenvalue weighted by Gasteiger charge is -2.10. The first-order chi connectivity index (χ1) is 7.09. The van der Waals surface area contributed by atoms with E-state index in [1.807, 2.05) is 4.57 Å². The number of primary amides is 1. The van der Waals surface area contributed by atoms with E-state index in [0.29, 0.717) is 19.0 Å². The fourth-order valence-electron chi connectivity index (χ4n) is 1.24. The van der Waals surface area contributed by atoms with Crippen LogP contribution in [0.25, 0.3) is 0 Å². The van der Waals surface area contributed by atoms with Crippen molar-refractivity contribution in [1.82, 2.24) is 14.9 Å². The quantitative estimate of drug-likeness (QED) is 0.707. The Balaban J connectivity index is 2.49. The van der Waals surface area contributed by atoms with E-state index in [0.717, 1.165) is 12.2 Å². The molecule has 84 valence electrons. The molecule has 0 atom stereocenters. The lowest BCUT2D eigenvalue weighted by Crippen LogP contribution is -2.24. The summed E-state index contributed by atoms with van der Waals surface area (Å²) in [6, 6.07) is 0.435. The van der Waals surface area contributed by atoms with Gasteiger partial charge in [-0.15, -0.1) is 0 Å². The van der Waals surface area contributed by atoms with Crippen molar-refractivity contribution in [2.45, 2.75) is 39.4 Å². The molecule has 0 radical (unpaired) electrons. The molecule has 0 saturated carbocycles. The van der Waals surface area contributed by atoms with Gasteiger partial charge in [0.25, 0.3) is 0 Å². The molecule has 1 rings (SSSR count). The van der Waals surface area contributed by atoms with Crippen LogP contribution in [-0.2, 0) is 17.9 Å². The molecule has 1 aromatic rings. The zero-order valence-electron chi connectivity index (χ0n) is 9.23. The number of carbonyl (C=O) groups excluding carboxylic acids is 1. The Morgan fingerprint density at radius 1 is 1.67 bits per heavy atom. The Hall–Kier alpha value is -1.36. The zero-order chi connectivity index (χ0) is 11.3. The minimum absolute atomic E-state index is 0.286. The van der Waals surface area contributed by atoms with Crippen molar-refractivity contribution in [2.24, 2.45) is 5.73 Å². The maximum Gasteiger partial charge on any atom is 0.219 e. The Kier molecular flexibility index (Phi) is 4.30. The van der Waals surface area contributed by atoms with Gasteiger partial charge in [0.15, 0.2) is 0 Å². The van der Waals surface area contributed by atoms with Gasteiger partial charge in [-0.1, -0.05) is 13.8 Å². The molecule has 0 aliphatic rings. The van der Waals surface area contributed by atoms with Crippen LogP contribution in [0.4, 0.5) is 0 Å². The van der Waals surface area contributed by atoms with E-state index in [-0.39, 0.29) is 5.91 Å². The van der Waals surface area contributed by atoms with E-state index in [4.69, 9.17) is 5.73 Å². The van der Waals surface area contributed by atoms with E-state index < -0.39 is 0 Å². The first kappa shape index (κ1) is 11.7. The average molecular weight is 210 g/mol. The maximum atomic E-state index is 10.6. The second-order valence-corrected chi connectivity index (χ2v) is 3.83. The van der Waals surface area contributed by atoms with Crippen LogP contribution in [-0.4, -0.2) is 21.5 Å². The van der Waals surface area contributed by atoms with Crippen LogP contribution in [0.5, 0.6) is 0 Å². The van der Waals surface area contributed by atoms with Crippen molar-refractivity contribution >= 4 is 5.91 Å². The van der Waals surface area contributed by atoms with Gasteiger partial charge in [0.05, 0.1) is 12.0 Å². The van der Waals surface area contributed by atoms with Gasteiger partial charge in [0.2, 0.25) is 5.91 Å². The summed E-state index contributed by atoms with van der Waals surface area (Å²) in [6.45, 7) is 5.54. The van der Waals surface area contributed by atoms with Gasteiger partial charge in [-0.25, -0.2) is 4.98 Å². The molecule has 3 N–H and O–H groups in total. The van der Waals surface area contributed by atoms with Crippen LogP contribution in [0.2, 0.25) is 0 Å². The van der Waals surface area contributed by atoms with Crippen molar-refractivity contribution in [1.29, 1.82) is 0 Å². The van der Waals surface area contributed by atoms with Crippen molar-refractivity contribution < 1.29 is 4.79 Å². The topological polar surface area (TPSA) is 72.9 Å². The second kappa shape index (κ2) is 5.50. The van der Waals surface area contributed by atoms with Crippen LogP contribution in [0.15, 0.2) is 12.5 Å². The number of carbonyl (C=O) groups is 1. The monoisotopic (exact) mass is 210 g/mol. The number of rotatable bonds is 6. The number of imidazole rings is 1. The van der Waals surface area contributed by atoms with Crippen LogP contribution < -0.4 is 11.1 Å². The largest absolute Gasteiger partial charge is 0.370 e. The zero-order valence-corrected chi connectivity index (χ0v) is 9.23. The smallest absolute Gasteiger partial charge is 0.219 e. The number of nitrogens with one attached hydrogen (secondary N) is 1. The summed E-state index contributed by atoms with van der Waals surface area (Å²) in [5, 5.41) is 3.30. The van der Waals surface area contributed by atoms with E-state index in [2.05, 4.69) is 24.1 Å². The van der Waals surface area contributed by atoms with Gasteiger partial charge in [0, 0.05) is 31.7 Å². The van der Waals surface area contributed by atoms with Gasteiger partial charge >= 0.3 is 0 Å². The summed E-state index contributed by atoms with van der Waals surface area (Å²) in [7, 11) is 0. The fourth-order valence-corrected chi connectivity index (χ4v) is 1.24. The molecular formula is C10H18N4O. The van der Waals surface area contributed by atoms with E-state index in [9.17, 15) is 4.79 Å². The van der Waals surface area contributed by atoms with Gasteiger partial charge < -0.3 is 15.6 Å². The number of nitrogens with two attached hydrogens (primary N) is 1. The van der Waals surface area contributed by atoms with Crippen LogP contribution in [0.1, 0.15) is 26.0 Å². The van der Waals surface area contributed by atoms with Crippen molar-refractivity contribution in [3.8, 4) is 0 Å². The number of amides is 1. The molecule has 0 aliphatic carbocycles. The normalized spacial score (nSPS) is 10.9. The van der Waals surface area contributed by atoms with Gasteiger partial charge in [-0.2, -0.15) is 0 Å². The average Bonchev–Trinajstić information content (AvgIpc) is 2.58. The summed E-state index contributed by atoms with van der Waals surface area (Å²) in [6.07, 6.45) is 3.88. The summed E-state index contributed by atoms with van der Waals surface area (Å²) in [5.74, 6) is -0.286. The summed E-state index contributed by atoms with van der Waals surface area (Å²) in [4.78, 5) is 14.7. The van der Waals surface area contributed by atoms with E-state index >= 15 is 0 Å². The molecule has 1 aromatic heterocycles. The summed E-state index contributed by atoms with van der Waals surface area (Å²) >= 11 is 0. The summed E-state index contributed by atoms with van der Waals surface area (Å²) < 4.78 is 1.94. The SMILES string of the molecule is CC(C)NCc1cncn1CCC(N)=O. The summed E-state index contributed by atoms with van der Waals surface area (Å²) in [5.41, 5.74) is 6.17. The Morgan fingerprint density at radius 2 is 2.40 bits per heavy atom. The number of hydrogen-bond acceptors (Lipinski definition) is 3. The lowest BCUT2D eigenvalue weighted by atomic mass is 10.3. The standard InChI is InChI=1S/C10H18N4O/c1-8(2)13-6-9-5-12-7-14(9)4-3-10(11)15/h5,7-8,13H,3-4,6H2,1-2H3,(H2,11,15). The molecule has 1 amide bonds. The molecule has 0 spiro atoms. The highest BCUT2D eigenvalue weighted by molar-refractivity contribution is 5.73. The third-order valence-electron chi connectivity index (χ3n) is 2.09. The third-order valence-corrected chi connectivity index (χ3v) is 2.09. The van der Waals surface area contributed by atoms with Crippen molar-refractivity contribution in [2.75, 3.05) is 0 Å². The number of aryl methyl sites for hydroxylation is 1. The highest BCUT2D eigenvalue weighted by Gasteiger charge is 2.03. The molecule has 0 unspecified atom stereocenters. The highest BCUT2D eigenvalue weighted by Crippen LogP contribution is 2.00. The molecule has 5 heteroatoms. The number of hydrogen-bond donors (Lipinski definition) is 2. The predicted octanol–water partition coefficient (Wildman–Crippen LogP) is 0.256. The highest BCUT2D eigenvalue weighted by atomic mass is 16.1. The third kappa shape index (κ3) is 4.12. The Labute approximate surface area is 89.7 Å². The van der Waals surface area contributed by atoms with Crippen LogP contribution in [0.3, 0.4) is 0 Å². The minimum atomic E-state index is -0.286. The second-order valence-electron chi connectivity index (χ2n) is 3.83. The lowest BCUT2D eigenvalue weighted by molar-refractivity contribution is -0.118. The van der Waals surface area contributed by atoms with Gasteiger partial charge in [0.1, 0.15) is 0 Å². The molecular weight excluding hydrogens is 192 g/mol. The first-order valence-electron chi connectivity index (χ1n) is 5.10. The van der Waals surface area contributed by atoms with Gasteiger partial charge in [-0.3, -0.25) is 4.79 Å². The Bertz CT molecular complexity index is 319. The van der Waals surface area contributed by atoms with Crippen molar-refractivity contribution in [3.05, 3.63) is 18.2 Å². The molecule has 0 fully saturated rings. The van der Waals surface area contributed by atoms with E-state index in [1.54, 1.807) is 12.5 Å². The Morgan fingerprint density at radius 3 is 3.00 bits per heavy atom. The molecule has 0 aliphatic heterocycles.